The Bertz CT molecular complexity index is 932. The van der Waals surface area contributed by atoms with Crippen LogP contribution in [-0.2, 0) is 15.5 Å². The van der Waals surface area contributed by atoms with Crippen molar-refractivity contribution in [3.63, 3.8) is 0 Å². The molecule has 2 rings (SSSR count). The maximum absolute atomic E-state index is 14.5. The molecular formula is C27H41F2N5O5. The van der Waals surface area contributed by atoms with Crippen LogP contribution in [0, 0.1) is 0 Å². The number of hydrazine groups is 1. The van der Waals surface area contributed by atoms with Gasteiger partial charge >= 0.3 is 12.0 Å². The predicted molar refractivity (Wildman–Crippen MR) is 144 cm³/mol. The first kappa shape index (κ1) is 32.1. The maximum Gasteiger partial charge on any atom is 0.408 e. The van der Waals surface area contributed by atoms with Crippen molar-refractivity contribution in [1.82, 2.24) is 15.6 Å². The third-order valence-electron chi connectivity index (χ3n) is 6.45. The highest BCUT2D eigenvalue weighted by atomic mass is 19.3. The Balaban J connectivity index is 1.68. The van der Waals surface area contributed by atoms with E-state index in [0.717, 1.165) is 31.8 Å². The number of unbranched alkanes of at least 4 members (excludes halogenated alkanes) is 4. The normalized spacial score (nSPS) is 17.1. The summed E-state index contributed by atoms with van der Waals surface area (Å²) in [5.41, 5.74) is 2.24. The summed E-state index contributed by atoms with van der Waals surface area (Å²) >= 11 is 0. The Hall–Kier alpha value is -3.09. The van der Waals surface area contributed by atoms with Gasteiger partial charge in [-0.2, -0.15) is 8.78 Å². The minimum atomic E-state index is -3.43. The Kier molecular flexibility index (Phi) is 14.4. The number of aliphatic hydroxyl groups is 2. The van der Waals surface area contributed by atoms with Crippen LogP contribution in [0.4, 0.5) is 13.6 Å². The van der Waals surface area contributed by atoms with Gasteiger partial charge in [-0.1, -0.05) is 55.3 Å². The molecule has 0 bridgehead atoms. The van der Waals surface area contributed by atoms with E-state index < -0.39 is 18.1 Å². The van der Waals surface area contributed by atoms with Gasteiger partial charge in [0.2, 0.25) is 5.91 Å². The van der Waals surface area contributed by atoms with E-state index in [2.05, 4.69) is 15.7 Å². The lowest BCUT2D eigenvalue weighted by Gasteiger charge is -2.24. The standard InChI is InChI=1S/C27H41F2N5O5/c28-27(29,21-10-4-3-5-11-21)23(36)15-13-22-14-16-25(37)34(22)18-8-2-1-6-12-24(33-30)32-20-39-26(38)31-17-7-9-19-35/h3-5,10-11,13,15,22-23,35-36H,1-2,6-9,12,14,16-20,30H2,(H,31,38)(H,32,33)/b15-13+. The molecule has 39 heavy (non-hydrogen) atoms. The monoisotopic (exact) mass is 553 g/mol. The van der Waals surface area contributed by atoms with Crippen LogP contribution in [0.15, 0.2) is 47.5 Å². The second kappa shape index (κ2) is 17.5. The molecule has 0 saturated carbocycles. The molecule has 0 aliphatic carbocycles. The number of nitrogens with one attached hydrogen (secondary N) is 2. The molecule has 0 aromatic heterocycles. The van der Waals surface area contributed by atoms with Crippen LogP contribution in [0.2, 0.25) is 0 Å². The van der Waals surface area contributed by atoms with E-state index in [1.54, 1.807) is 11.0 Å². The number of nitrogens with zero attached hydrogens (tertiary/aromatic N) is 2. The number of ether oxygens (including phenoxy) is 1. The summed E-state index contributed by atoms with van der Waals surface area (Å²) in [7, 11) is 0. The molecule has 1 aliphatic heterocycles. The van der Waals surface area contributed by atoms with E-state index >= 15 is 0 Å². The predicted octanol–water partition coefficient (Wildman–Crippen LogP) is 2.96. The van der Waals surface area contributed by atoms with Crippen molar-refractivity contribution in [2.45, 2.75) is 75.9 Å². The number of hydrogen-bond donors (Lipinski definition) is 5. The van der Waals surface area contributed by atoms with E-state index in [-0.39, 0.29) is 30.9 Å². The molecule has 2 atom stereocenters. The highest BCUT2D eigenvalue weighted by Crippen LogP contribution is 2.32. The second-order valence-electron chi connectivity index (χ2n) is 9.34. The molecule has 1 aromatic rings. The summed E-state index contributed by atoms with van der Waals surface area (Å²) in [4.78, 5) is 29.7. The van der Waals surface area contributed by atoms with Gasteiger partial charge in [0, 0.05) is 38.1 Å². The first-order chi connectivity index (χ1) is 18.8. The zero-order valence-electron chi connectivity index (χ0n) is 22.2. The Morgan fingerprint density at radius 2 is 1.95 bits per heavy atom. The summed E-state index contributed by atoms with van der Waals surface area (Å²) in [5, 5.41) is 21.4. The quantitative estimate of drug-likeness (QED) is 0.0497. The number of benzene rings is 1. The van der Waals surface area contributed by atoms with E-state index in [1.165, 1.54) is 30.3 Å². The molecule has 1 aromatic carbocycles. The van der Waals surface area contributed by atoms with Gasteiger partial charge in [-0.25, -0.2) is 15.6 Å². The van der Waals surface area contributed by atoms with E-state index in [1.807, 2.05) is 0 Å². The van der Waals surface area contributed by atoms with Crippen LogP contribution in [0.1, 0.15) is 63.4 Å². The van der Waals surface area contributed by atoms with Gasteiger partial charge in [0.15, 0.2) is 6.73 Å². The van der Waals surface area contributed by atoms with Crippen LogP contribution >= 0.6 is 0 Å². The number of rotatable bonds is 17. The van der Waals surface area contributed by atoms with Gasteiger partial charge in [-0.05, 0) is 32.1 Å². The fourth-order valence-corrected chi connectivity index (χ4v) is 4.20. The topological polar surface area (TPSA) is 150 Å². The van der Waals surface area contributed by atoms with Gasteiger partial charge in [-0.15, -0.1) is 0 Å². The summed E-state index contributed by atoms with van der Waals surface area (Å²) in [6.45, 7) is 0.835. The molecule has 10 nitrogen and oxygen atoms in total. The fraction of sp³-hybridized carbons (Fsp3) is 0.593. The third kappa shape index (κ3) is 11.3. The molecular weight excluding hydrogens is 512 g/mol. The lowest BCUT2D eigenvalue weighted by Crippen LogP contribution is -2.34. The molecule has 218 valence electrons. The summed E-state index contributed by atoms with van der Waals surface area (Å²) in [6.07, 6.45) is 5.99. The smallest absolute Gasteiger partial charge is 0.408 e. The summed E-state index contributed by atoms with van der Waals surface area (Å²) in [6, 6.07) is 6.86. The number of carbonyl (C=O) groups excluding carboxylic acids is 2. The zero-order chi connectivity index (χ0) is 28.5. The van der Waals surface area contributed by atoms with Crippen LogP contribution < -0.4 is 16.6 Å². The molecule has 6 N–H and O–H groups in total. The van der Waals surface area contributed by atoms with Crippen LogP contribution in [0.3, 0.4) is 0 Å². The number of carbonyl (C=O) groups is 2. The molecule has 2 amide bonds. The number of aliphatic hydroxyl groups excluding tert-OH is 2. The lowest BCUT2D eigenvalue weighted by atomic mass is 10.0. The Labute approximate surface area is 228 Å². The highest BCUT2D eigenvalue weighted by molar-refractivity contribution is 5.81. The maximum atomic E-state index is 14.5. The zero-order valence-corrected chi connectivity index (χ0v) is 22.2. The average Bonchev–Trinajstić information content (AvgIpc) is 3.29. The third-order valence-corrected chi connectivity index (χ3v) is 6.45. The minimum Gasteiger partial charge on any atom is -0.426 e. The van der Waals surface area contributed by atoms with Crippen molar-refractivity contribution in [3.05, 3.63) is 48.0 Å². The number of halogens is 2. The highest BCUT2D eigenvalue weighted by Gasteiger charge is 2.39. The van der Waals surface area contributed by atoms with Crippen molar-refractivity contribution >= 4 is 17.8 Å². The molecule has 1 saturated heterocycles. The number of nitrogens with two attached hydrogens (primary N) is 1. The molecule has 1 heterocycles. The number of alkyl halides is 2. The number of amides is 2. The SMILES string of the molecule is NNC(CCCCCCN1C(=O)CCC1/C=C/C(O)C(F)(F)c1ccccc1)=NCOC(=O)NCCCCO. The van der Waals surface area contributed by atoms with Crippen LogP contribution in [0.25, 0.3) is 0 Å². The largest absolute Gasteiger partial charge is 0.426 e. The van der Waals surface area contributed by atoms with Crippen LogP contribution in [-0.4, -0.2) is 71.5 Å². The van der Waals surface area contributed by atoms with Gasteiger partial charge in [0.1, 0.15) is 11.9 Å². The first-order valence-corrected chi connectivity index (χ1v) is 13.4. The first-order valence-electron chi connectivity index (χ1n) is 13.4. The summed E-state index contributed by atoms with van der Waals surface area (Å²) < 4.78 is 34.0. The summed E-state index contributed by atoms with van der Waals surface area (Å²) in [5.74, 6) is 2.55. The molecule has 0 spiro atoms. The number of likely N-dealkylation sites (tertiary alicyclic amines) is 1. The minimum absolute atomic E-state index is 0.0202. The van der Waals surface area contributed by atoms with E-state index in [4.69, 9.17) is 15.7 Å². The number of aliphatic imine (C=N–C) groups is 1. The Morgan fingerprint density at radius 1 is 1.21 bits per heavy atom. The molecule has 1 fully saturated rings. The van der Waals surface area contributed by atoms with E-state index in [0.29, 0.717) is 51.0 Å². The van der Waals surface area contributed by atoms with Gasteiger partial charge in [0.25, 0.3) is 0 Å². The van der Waals surface area contributed by atoms with Crippen molar-refractivity contribution < 1.29 is 33.3 Å². The number of alkyl carbamates (subject to hydrolysis) is 1. The van der Waals surface area contributed by atoms with Crippen LogP contribution in [0.5, 0.6) is 0 Å². The van der Waals surface area contributed by atoms with Gasteiger partial charge in [0.05, 0.1) is 6.04 Å². The van der Waals surface area contributed by atoms with Crippen molar-refractivity contribution in [1.29, 1.82) is 0 Å². The van der Waals surface area contributed by atoms with Gasteiger partial charge in [-0.3, -0.25) is 4.79 Å². The number of hydrogen-bond acceptors (Lipinski definition) is 7. The molecule has 0 radical (unpaired) electrons. The Morgan fingerprint density at radius 3 is 2.67 bits per heavy atom. The molecule has 1 aliphatic rings. The second-order valence-corrected chi connectivity index (χ2v) is 9.34. The lowest BCUT2D eigenvalue weighted by molar-refractivity contribution is -0.128. The number of amidine groups is 1. The van der Waals surface area contributed by atoms with Crippen molar-refractivity contribution in [3.8, 4) is 0 Å². The molecule has 12 heteroatoms. The van der Waals surface area contributed by atoms with Crippen molar-refractivity contribution in [2.24, 2.45) is 10.8 Å². The fourth-order valence-electron chi connectivity index (χ4n) is 4.20. The average molecular weight is 554 g/mol. The van der Waals surface area contributed by atoms with E-state index in [9.17, 15) is 23.5 Å². The molecule has 2 unspecified atom stereocenters. The van der Waals surface area contributed by atoms with Crippen molar-refractivity contribution in [2.75, 3.05) is 26.4 Å². The van der Waals surface area contributed by atoms with Gasteiger partial charge < -0.3 is 30.6 Å².